The minimum atomic E-state index is -3.78. The largest absolute Gasteiger partial charge is 0.507 e. The summed E-state index contributed by atoms with van der Waals surface area (Å²) < 4.78 is 26.8. The smallest absolute Gasteiger partial charge is 0.206 e. The third kappa shape index (κ3) is 5.38. The van der Waals surface area contributed by atoms with Gasteiger partial charge in [0.15, 0.2) is 0 Å². The van der Waals surface area contributed by atoms with Gasteiger partial charge in [-0.2, -0.15) is 0 Å². The summed E-state index contributed by atoms with van der Waals surface area (Å²) in [5, 5.41) is 24.8. The molecular weight excluding hydrogens is 556 g/mol. The second kappa shape index (κ2) is 11.2. The lowest BCUT2D eigenvalue weighted by atomic mass is 10.0. The maximum Gasteiger partial charge on any atom is 0.206 e. The molecule has 0 aromatic heterocycles. The van der Waals surface area contributed by atoms with Crippen LogP contribution in [0.4, 0.5) is 11.4 Å². The number of aromatic hydroxyl groups is 2. The van der Waals surface area contributed by atoms with Gasteiger partial charge in [-0.1, -0.05) is 60.7 Å². The SMILES string of the molecule is CC(=Nc1ccc(S(=O)(=O)c2ccc(N=C(C)c3c(O)ccc4ccccc34)cc2)cc1)c1c(O)ccc2ccccc12. The minimum Gasteiger partial charge on any atom is -0.507 e. The van der Waals surface area contributed by atoms with Gasteiger partial charge in [-0.05, 0) is 96.1 Å². The van der Waals surface area contributed by atoms with Gasteiger partial charge in [0.05, 0.1) is 21.2 Å². The molecule has 0 fully saturated rings. The van der Waals surface area contributed by atoms with Crippen LogP contribution in [-0.4, -0.2) is 30.1 Å². The summed E-state index contributed by atoms with van der Waals surface area (Å²) in [7, 11) is -3.78. The van der Waals surface area contributed by atoms with E-state index in [0.717, 1.165) is 21.5 Å². The standard InChI is InChI=1S/C36H28N2O4S/c1-23(35-31-9-5-3-7-25(31)11-21-33(35)39)37-27-13-17-29(18-14-27)43(41,42)30-19-15-28(16-20-30)38-24(2)36-32-10-6-4-8-26(32)12-22-34(36)40/h3-22,39-40H,1-2H3. The molecule has 6 aromatic carbocycles. The highest BCUT2D eigenvalue weighted by molar-refractivity contribution is 7.91. The lowest BCUT2D eigenvalue weighted by Crippen LogP contribution is -2.01. The van der Waals surface area contributed by atoms with Crippen molar-refractivity contribution in [2.45, 2.75) is 23.6 Å². The van der Waals surface area contributed by atoms with Crippen molar-refractivity contribution in [3.05, 3.63) is 132 Å². The third-order valence-electron chi connectivity index (χ3n) is 7.43. The van der Waals surface area contributed by atoms with Gasteiger partial charge >= 0.3 is 0 Å². The van der Waals surface area contributed by atoms with Crippen LogP contribution in [0.25, 0.3) is 21.5 Å². The molecule has 0 atom stereocenters. The number of nitrogens with zero attached hydrogens (tertiary/aromatic N) is 2. The molecule has 0 aliphatic carbocycles. The molecule has 0 radical (unpaired) electrons. The quantitative estimate of drug-likeness (QED) is 0.192. The number of hydrogen-bond donors (Lipinski definition) is 2. The fourth-order valence-corrected chi connectivity index (χ4v) is 6.58. The van der Waals surface area contributed by atoms with Crippen molar-refractivity contribution in [3.63, 3.8) is 0 Å². The van der Waals surface area contributed by atoms with Gasteiger partial charge < -0.3 is 10.2 Å². The van der Waals surface area contributed by atoms with Gasteiger partial charge in [-0.25, -0.2) is 8.42 Å². The molecule has 0 spiro atoms. The van der Waals surface area contributed by atoms with Crippen molar-refractivity contribution in [2.75, 3.05) is 0 Å². The van der Waals surface area contributed by atoms with Crippen molar-refractivity contribution in [1.29, 1.82) is 0 Å². The fraction of sp³-hybridized carbons (Fsp3) is 0.0556. The molecule has 6 aromatic rings. The summed E-state index contributed by atoms with van der Waals surface area (Å²) in [6, 6.07) is 35.3. The van der Waals surface area contributed by atoms with Crippen molar-refractivity contribution >= 4 is 54.2 Å². The van der Waals surface area contributed by atoms with E-state index in [2.05, 4.69) is 9.98 Å². The maximum atomic E-state index is 13.4. The molecule has 0 aliphatic rings. The van der Waals surface area contributed by atoms with E-state index in [1.807, 2.05) is 74.5 Å². The zero-order valence-electron chi connectivity index (χ0n) is 23.6. The molecule has 0 saturated heterocycles. The zero-order chi connectivity index (χ0) is 30.1. The molecule has 212 valence electrons. The molecule has 2 N–H and O–H groups in total. The lowest BCUT2D eigenvalue weighted by molar-refractivity contribution is 0.474. The molecule has 43 heavy (non-hydrogen) atoms. The predicted octanol–water partition coefficient (Wildman–Crippen LogP) is 8.52. The molecule has 0 unspecified atom stereocenters. The van der Waals surface area contributed by atoms with Crippen molar-refractivity contribution in [1.82, 2.24) is 0 Å². The number of fused-ring (bicyclic) bond motifs is 2. The molecule has 7 heteroatoms. The summed E-state index contributed by atoms with van der Waals surface area (Å²) in [4.78, 5) is 9.60. The van der Waals surface area contributed by atoms with E-state index in [1.54, 1.807) is 36.4 Å². The summed E-state index contributed by atoms with van der Waals surface area (Å²) in [5.74, 6) is 0.270. The van der Waals surface area contributed by atoms with Crippen LogP contribution in [0.1, 0.15) is 25.0 Å². The Morgan fingerprint density at radius 2 is 0.884 bits per heavy atom. The van der Waals surface area contributed by atoms with Crippen LogP contribution in [0.15, 0.2) is 141 Å². The van der Waals surface area contributed by atoms with Crippen molar-refractivity contribution < 1.29 is 18.6 Å². The van der Waals surface area contributed by atoms with E-state index in [0.29, 0.717) is 33.9 Å². The van der Waals surface area contributed by atoms with Crippen molar-refractivity contribution in [3.8, 4) is 11.5 Å². The van der Waals surface area contributed by atoms with Crippen LogP contribution in [0, 0.1) is 0 Å². The van der Waals surface area contributed by atoms with Gasteiger partial charge in [-0.3, -0.25) is 9.98 Å². The molecule has 0 amide bonds. The molecule has 0 heterocycles. The highest BCUT2D eigenvalue weighted by Gasteiger charge is 2.18. The third-order valence-corrected chi connectivity index (χ3v) is 9.21. The van der Waals surface area contributed by atoms with E-state index in [9.17, 15) is 18.6 Å². The van der Waals surface area contributed by atoms with Crippen LogP contribution in [0.2, 0.25) is 0 Å². The van der Waals surface area contributed by atoms with E-state index in [4.69, 9.17) is 0 Å². The highest BCUT2D eigenvalue weighted by atomic mass is 32.2. The Labute approximate surface area is 249 Å². The van der Waals surface area contributed by atoms with Gasteiger partial charge in [0.25, 0.3) is 0 Å². The van der Waals surface area contributed by atoms with Crippen LogP contribution in [0.3, 0.4) is 0 Å². The minimum absolute atomic E-state index is 0.135. The Balaban J connectivity index is 1.25. The van der Waals surface area contributed by atoms with E-state index < -0.39 is 9.84 Å². The molecule has 0 aliphatic heterocycles. The number of sulfone groups is 1. The first kappa shape index (κ1) is 27.9. The zero-order valence-corrected chi connectivity index (χ0v) is 24.4. The van der Waals surface area contributed by atoms with Crippen LogP contribution in [0.5, 0.6) is 11.5 Å². The number of hydrogen-bond acceptors (Lipinski definition) is 6. The Morgan fingerprint density at radius 1 is 0.512 bits per heavy atom. The summed E-state index contributed by atoms with van der Waals surface area (Å²) in [6.45, 7) is 3.64. The molecular formula is C36H28N2O4S. The Bertz CT molecular complexity index is 2020. The Hall–Kier alpha value is -5.27. The van der Waals surface area contributed by atoms with E-state index >= 15 is 0 Å². The van der Waals surface area contributed by atoms with Gasteiger partial charge in [0, 0.05) is 22.6 Å². The second-order valence-corrected chi connectivity index (χ2v) is 12.2. The maximum absolute atomic E-state index is 13.4. The first-order valence-corrected chi connectivity index (χ1v) is 15.2. The number of rotatable bonds is 6. The molecule has 6 nitrogen and oxygen atoms in total. The highest BCUT2D eigenvalue weighted by Crippen LogP contribution is 2.31. The van der Waals surface area contributed by atoms with Gasteiger partial charge in [0.1, 0.15) is 11.5 Å². The van der Waals surface area contributed by atoms with Crippen LogP contribution >= 0.6 is 0 Å². The Morgan fingerprint density at radius 3 is 1.28 bits per heavy atom. The fourth-order valence-electron chi connectivity index (χ4n) is 5.32. The first-order valence-electron chi connectivity index (χ1n) is 13.7. The normalized spacial score (nSPS) is 12.6. The summed E-state index contributed by atoms with van der Waals surface area (Å²) in [6.07, 6.45) is 0. The summed E-state index contributed by atoms with van der Waals surface area (Å²) >= 11 is 0. The number of phenols is 2. The lowest BCUT2D eigenvalue weighted by Gasteiger charge is -2.10. The average molecular weight is 585 g/mol. The van der Waals surface area contributed by atoms with Crippen molar-refractivity contribution in [2.24, 2.45) is 9.98 Å². The molecule has 6 rings (SSSR count). The van der Waals surface area contributed by atoms with Crippen LogP contribution in [-0.2, 0) is 9.84 Å². The first-order chi connectivity index (χ1) is 20.7. The second-order valence-electron chi connectivity index (χ2n) is 10.2. The monoisotopic (exact) mass is 584 g/mol. The number of phenolic OH excluding ortho intramolecular Hbond substituents is 2. The van der Waals surface area contributed by atoms with E-state index in [1.165, 1.54) is 24.3 Å². The molecule has 0 bridgehead atoms. The number of aliphatic imine (C=N–C) groups is 2. The van der Waals surface area contributed by atoms with E-state index in [-0.39, 0.29) is 21.3 Å². The summed E-state index contributed by atoms with van der Waals surface area (Å²) in [5.41, 5.74) is 3.66. The number of benzene rings is 6. The van der Waals surface area contributed by atoms with Gasteiger partial charge in [-0.15, -0.1) is 0 Å². The van der Waals surface area contributed by atoms with Crippen LogP contribution < -0.4 is 0 Å². The molecule has 0 saturated carbocycles. The topological polar surface area (TPSA) is 99.3 Å². The average Bonchev–Trinajstić information content (AvgIpc) is 3.01. The van der Waals surface area contributed by atoms with Gasteiger partial charge in [0.2, 0.25) is 9.84 Å². The Kier molecular flexibility index (Phi) is 7.26. The predicted molar refractivity (Wildman–Crippen MR) is 173 cm³/mol.